The number of aliphatic hydroxyl groups excluding tert-OH is 1. The molecule has 1 amide bonds. The van der Waals surface area contributed by atoms with Gasteiger partial charge in [0.2, 0.25) is 5.91 Å². The number of hydrogen-bond donors (Lipinski definition) is 2. The summed E-state index contributed by atoms with van der Waals surface area (Å²) in [6.07, 6.45) is 2.86. The first-order chi connectivity index (χ1) is 7.54. The second-order valence-electron chi connectivity index (χ2n) is 4.83. The van der Waals surface area contributed by atoms with E-state index in [2.05, 4.69) is 0 Å². The maximum atomic E-state index is 11.8. The van der Waals surface area contributed by atoms with Gasteiger partial charge >= 0.3 is 0 Å². The fourth-order valence-corrected chi connectivity index (χ4v) is 2.13. The van der Waals surface area contributed by atoms with Gasteiger partial charge in [0.05, 0.1) is 6.10 Å². The van der Waals surface area contributed by atoms with Gasteiger partial charge in [-0.25, -0.2) is 0 Å². The van der Waals surface area contributed by atoms with Crippen LogP contribution < -0.4 is 5.73 Å². The van der Waals surface area contributed by atoms with Crippen LogP contribution in [0.3, 0.4) is 0 Å². The van der Waals surface area contributed by atoms with Crippen molar-refractivity contribution in [2.45, 2.75) is 51.7 Å². The molecule has 0 aromatic heterocycles. The van der Waals surface area contributed by atoms with E-state index in [9.17, 15) is 9.90 Å². The lowest BCUT2D eigenvalue weighted by Gasteiger charge is -2.33. The lowest BCUT2D eigenvalue weighted by molar-refractivity contribution is -0.133. The Morgan fingerprint density at radius 2 is 2.06 bits per heavy atom. The van der Waals surface area contributed by atoms with Gasteiger partial charge in [-0.2, -0.15) is 0 Å². The molecular weight excluding hydrogens is 204 g/mol. The van der Waals surface area contributed by atoms with E-state index in [0.717, 1.165) is 32.4 Å². The molecule has 0 radical (unpaired) electrons. The van der Waals surface area contributed by atoms with Crippen LogP contribution in [0.25, 0.3) is 0 Å². The second kappa shape index (κ2) is 6.21. The standard InChI is InChI=1S/C12H24N2O2/c1-3-11(13)8-12(16)14-6-4-10(5-7-14)9(2)15/h9-11,15H,3-8,13H2,1-2H3. The van der Waals surface area contributed by atoms with Gasteiger partial charge in [-0.1, -0.05) is 6.92 Å². The van der Waals surface area contributed by atoms with Gasteiger partial charge in [0.15, 0.2) is 0 Å². The first-order valence-electron chi connectivity index (χ1n) is 6.26. The van der Waals surface area contributed by atoms with Crippen LogP contribution in [0.15, 0.2) is 0 Å². The van der Waals surface area contributed by atoms with E-state index < -0.39 is 0 Å². The quantitative estimate of drug-likeness (QED) is 0.745. The minimum Gasteiger partial charge on any atom is -0.393 e. The van der Waals surface area contributed by atoms with Gasteiger partial charge < -0.3 is 15.7 Å². The molecule has 0 aromatic carbocycles. The predicted octanol–water partition coefficient (Wildman–Crippen LogP) is 0.733. The fraction of sp³-hybridized carbons (Fsp3) is 0.917. The van der Waals surface area contributed by atoms with Crippen LogP contribution in [0.1, 0.15) is 39.5 Å². The van der Waals surface area contributed by atoms with Crippen molar-refractivity contribution >= 4 is 5.91 Å². The average Bonchev–Trinajstić information content (AvgIpc) is 2.28. The molecule has 1 aliphatic rings. The highest BCUT2D eigenvalue weighted by Crippen LogP contribution is 2.21. The minimum atomic E-state index is -0.254. The van der Waals surface area contributed by atoms with Crippen molar-refractivity contribution in [1.29, 1.82) is 0 Å². The van der Waals surface area contributed by atoms with E-state index in [1.807, 2.05) is 18.7 Å². The summed E-state index contributed by atoms with van der Waals surface area (Å²) in [5, 5.41) is 9.46. The van der Waals surface area contributed by atoms with E-state index in [1.54, 1.807) is 0 Å². The number of nitrogens with zero attached hydrogens (tertiary/aromatic N) is 1. The normalized spacial score (nSPS) is 21.9. The Morgan fingerprint density at radius 3 is 2.50 bits per heavy atom. The number of carbonyl (C=O) groups is 1. The molecule has 4 heteroatoms. The molecule has 1 fully saturated rings. The summed E-state index contributed by atoms with van der Waals surface area (Å²) >= 11 is 0. The number of piperidine rings is 1. The highest BCUT2D eigenvalue weighted by molar-refractivity contribution is 5.76. The first-order valence-corrected chi connectivity index (χ1v) is 6.26. The highest BCUT2D eigenvalue weighted by atomic mass is 16.3. The molecule has 1 aliphatic heterocycles. The Balaban J connectivity index is 2.33. The fourth-order valence-electron chi connectivity index (χ4n) is 2.13. The van der Waals surface area contributed by atoms with E-state index >= 15 is 0 Å². The molecule has 3 N–H and O–H groups in total. The number of carbonyl (C=O) groups excluding carboxylic acids is 1. The SMILES string of the molecule is CCC(N)CC(=O)N1CCC(C(C)O)CC1. The molecule has 0 aliphatic carbocycles. The van der Waals surface area contributed by atoms with Gasteiger partial charge in [-0.05, 0) is 32.1 Å². The Hall–Kier alpha value is -0.610. The van der Waals surface area contributed by atoms with Crippen LogP contribution in [-0.2, 0) is 4.79 Å². The third kappa shape index (κ3) is 3.76. The van der Waals surface area contributed by atoms with Gasteiger partial charge in [0.25, 0.3) is 0 Å². The number of hydrogen-bond acceptors (Lipinski definition) is 3. The van der Waals surface area contributed by atoms with E-state index in [0.29, 0.717) is 12.3 Å². The lowest BCUT2D eigenvalue weighted by atomic mass is 9.92. The summed E-state index contributed by atoms with van der Waals surface area (Å²) in [4.78, 5) is 13.7. The highest BCUT2D eigenvalue weighted by Gasteiger charge is 2.25. The maximum Gasteiger partial charge on any atom is 0.224 e. The summed E-state index contributed by atoms with van der Waals surface area (Å²) < 4.78 is 0. The zero-order chi connectivity index (χ0) is 12.1. The molecule has 4 nitrogen and oxygen atoms in total. The van der Waals surface area contributed by atoms with E-state index in [1.165, 1.54) is 0 Å². The van der Waals surface area contributed by atoms with Crippen LogP contribution in [-0.4, -0.2) is 41.1 Å². The number of likely N-dealkylation sites (tertiary alicyclic amines) is 1. The topological polar surface area (TPSA) is 66.6 Å². The summed E-state index contributed by atoms with van der Waals surface area (Å²) in [6.45, 7) is 5.36. The number of nitrogens with two attached hydrogens (primary N) is 1. The largest absolute Gasteiger partial charge is 0.393 e. The smallest absolute Gasteiger partial charge is 0.224 e. The van der Waals surface area contributed by atoms with Crippen LogP contribution in [0, 0.1) is 5.92 Å². The van der Waals surface area contributed by atoms with E-state index in [-0.39, 0.29) is 18.1 Å². The zero-order valence-electron chi connectivity index (χ0n) is 10.4. The molecule has 1 rings (SSSR count). The van der Waals surface area contributed by atoms with Gasteiger partial charge in [-0.15, -0.1) is 0 Å². The molecule has 16 heavy (non-hydrogen) atoms. The molecule has 1 heterocycles. The van der Waals surface area contributed by atoms with Gasteiger partial charge in [-0.3, -0.25) is 4.79 Å². The van der Waals surface area contributed by atoms with Crippen molar-refractivity contribution in [2.24, 2.45) is 11.7 Å². The molecule has 94 valence electrons. The van der Waals surface area contributed by atoms with Crippen molar-refractivity contribution in [3.05, 3.63) is 0 Å². The van der Waals surface area contributed by atoms with Crippen molar-refractivity contribution in [3.63, 3.8) is 0 Å². The van der Waals surface area contributed by atoms with Crippen LogP contribution in [0.2, 0.25) is 0 Å². The Kier molecular flexibility index (Phi) is 5.22. The molecule has 0 aromatic rings. The molecule has 0 bridgehead atoms. The second-order valence-corrected chi connectivity index (χ2v) is 4.83. The maximum absolute atomic E-state index is 11.8. The number of aliphatic hydroxyl groups is 1. The molecule has 2 unspecified atom stereocenters. The Morgan fingerprint density at radius 1 is 1.50 bits per heavy atom. The number of amides is 1. The molecule has 0 spiro atoms. The summed E-state index contributed by atoms with van der Waals surface area (Å²) in [5.41, 5.74) is 5.77. The first kappa shape index (κ1) is 13.5. The summed E-state index contributed by atoms with van der Waals surface area (Å²) in [5.74, 6) is 0.516. The molecular formula is C12H24N2O2. The lowest BCUT2D eigenvalue weighted by Crippen LogP contribution is -2.42. The third-order valence-electron chi connectivity index (χ3n) is 3.54. The summed E-state index contributed by atoms with van der Waals surface area (Å²) in [6, 6.07) is -0.0120. The molecule has 0 saturated carbocycles. The summed E-state index contributed by atoms with van der Waals surface area (Å²) in [7, 11) is 0. The van der Waals surface area contributed by atoms with Crippen LogP contribution >= 0.6 is 0 Å². The van der Waals surface area contributed by atoms with Crippen LogP contribution in [0.5, 0.6) is 0 Å². The van der Waals surface area contributed by atoms with E-state index in [4.69, 9.17) is 5.73 Å². The van der Waals surface area contributed by atoms with Crippen molar-refractivity contribution in [3.8, 4) is 0 Å². The minimum absolute atomic E-state index is 0.0120. The average molecular weight is 228 g/mol. The number of rotatable bonds is 4. The van der Waals surface area contributed by atoms with Crippen molar-refractivity contribution in [1.82, 2.24) is 4.90 Å². The van der Waals surface area contributed by atoms with Crippen molar-refractivity contribution < 1.29 is 9.90 Å². The van der Waals surface area contributed by atoms with Crippen molar-refractivity contribution in [2.75, 3.05) is 13.1 Å². The predicted molar refractivity (Wildman–Crippen MR) is 63.9 cm³/mol. The monoisotopic (exact) mass is 228 g/mol. The molecule has 1 saturated heterocycles. The third-order valence-corrected chi connectivity index (χ3v) is 3.54. The zero-order valence-corrected chi connectivity index (χ0v) is 10.4. The Bertz CT molecular complexity index is 223. The Labute approximate surface area is 97.8 Å². The molecule has 2 atom stereocenters. The van der Waals surface area contributed by atoms with Gasteiger partial charge in [0.1, 0.15) is 0 Å². The van der Waals surface area contributed by atoms with Crippen LogP contribution in [0.4, 0.5) is 0 Å². The van der Waals surface area contributed by atoms with Gasteiger partial charge in [0, 0.05) is 25.6 Å².